The van der Waals surface area contributed by atoms with Gasteiger partial charge in [0.15, 0.2) is 17.7 Å². The van der Waals surface area contributed by atoms with Gasteiger partial charge in [-0.15, -0.1) is 0 Å². The summed E-state index contributed by atoms with van der Waals surface area (Å²) >= 11 is 0. The van der Waals surface area contributed by atoms with E-state index in [1.54, 1.807) is 30.4 Å². The van der Waals surface area contributed by atoms with Gasteiger partial charge in [-0.1, -0.05) is 0 Å². The van der Waals surface area contributed by atoms with Crippen molar-refractivity contribution in [2.45, 2.75) is 26.5 Å². The summed E-state index contributed by atoms with van der Waals surface area (Å²) in [6, 6.07) is 0. The Morgan fingerprint density at radius 1 is 1.33 bits per heavy atom. The highest BCUT2D eigenvalue weighted by molar-refractivity contribution is 5.30. The first-order valence-corrected chi connectivity index (χ1v) is 5.73. The number of aliphatic hydroxyl groups excluding tert-OH is 1. The second kappa shape index (κ2) is 5.14. The van der Waals surface area contributed by atoms with Crippen LogP contribution in [-0.4, -0.2) is 32.0 Å². The van der Waals surface area contributed by atoms with Gasteiger partial charge in [0.2, 0.25) is 0 Å². The summed E-state index contributed by atoms with van der Waals surface area (Å²) in [5, 5.41) is 14.5. The smallest absolute Gasteiger partial charge is 0.163 e. The molecule has 0 aliphatic carbocycles. The number of aromatic nitrogens is 4. The van der Waals surface area contributed by atoms with Crippen LogP contribution in [0.4, 0.5) is 0 Å². The van der Waals surface area contributed by atoms with Crippen LogP contribution in [0.3, 0.4) is 0 Å². The van der Waals surface area contributed by atoms with Gasteiger partial charge in [0, 0.05) is 18.9 Å². The molecular weight excluding hydrogens is 232 g/mol. The third-order valence-electron chi connectivity index (χ3n) is 2.67. The van der Waals surface area contributed by atoms with Gasteiger partial charge in [-0.25, -0.2) is 9.97 Å². The number of nitrogens with zero attached hydrogens (tertiary/aromatic N) is 4. The fourth-order valence-corrected chi connectivity index (χ4v) is 1.73. The Morgan fingerprint density at radius 3 is 2.56 bits per heavy atom. The van der Waals surface area contributed by atoms with Crippen molar-refractivity contribution in [1.29, 1.82) is 0 Å². The highest BCUT2D eigenvalue weighted by atomic mass is 16.5. The Balaban J connectivity index is 2.41. The second-order valence-corrected chi connectivity index (χ2v) is 3.94. The molecule has 96 valence electrons. The molecule has 2 aromatic rings. The Labute approximate surface area is 105 Å². The first-order chi connectivity index (χ1) is 8.67. The quantitative estimate of drug-likeness (QED) is 0.876. The predicted octanol–water partition coefficient (Wildman–Crippen LogP) is 1.09. The van der Waals surface area contributed by atoms with Crippen LogP contribution in [0, 0.1) is 6.92 Å². The zero-order valence-corrected chi connectivity index (χ0v) is 10.7. The summed E-state index contributed by atoms with van der Waals surface area (Å²) in [7, 11) is 1.54. The number of ether oxygens (including phenoxy) is 1. The van der Waals surface area contributed by atoms with E-state index in [-0.39, 0.29) is 0 Å². The zero-order chi connectivity index (χ0) is 13.1. The summed E-state index contributed by atoms with van der Waals surface area (Å²) in [6.07, 6.45) is 3.98. The molecule has 6 nitrogen and oxygen atoms in total. The number of hydrogen-bond donors (Lipinski definition) is 1. The zero-order valence-electron chi connectivity index (χ0n) is 10.7. The van der Waals surface area contributed by atoms with Crippen LogP contribution >= 0.6 is 0 Å². The average Bonchev–Trinajstić information content (AvgIpc) is 2.81. The molecule has 0 saturated carbocycles. The molecule has 1 N–H and O–H groups in total. The van der Waals surface area contributed by atoms with Crippen LogP contribution in [0.5, 0.6) is 5.75 Å². The monoisotopic (exact) mass is 248 g/mol. The topological polar surface area (TPSA) is 73.1 Å². The van der Waals surface area contributed by atoms with Crippen molar-refractivity contribution in [2.75, 3.05) is 7.11 Å². The first-order valence-electron chi connectivity index (χ1n) is 5.73. The van der Waals surface area contributed by atoms with Crippen molar-refractivity contribution in [3.63, 3.8) is 0 Å². The molecule has 2 aromatic heterocycles. The molecule has 0 aliphatic heterocycles. The van der Waals surface area contributed by atoms with Crippen LogP contribution < -0.4 is 4.74 Å². The first kappa shape index (κ1) is 12.5. The summed E-state index contributed by atoms with van der Waals surface area (Å²) in [4.78, 5) is 8.25. The van der Waals surface area contributed by atoms with Crippen molar-refractivity contribution < 1.29 is 9.84 Å². The average molecular weight is 248 g/mol. The number of aryl methyl sites for hydroxylation is 2. The molecule has 0 amide bonds. The molecule has 2 heterocycles. The van der Waals surface area contributed by atoms with Gasteiger partial charge in [-0.05, 0) is 19.4 Å². The third-order valence-corrected chi connectivity index (χ3v) is 2.67. The fraction of sp³-hybridized carbons (Fsp3) is 0.417. The molecule has 1 unspecified atom stereocenters. The molecular formula is C12H16N4O2. The van der Waals surface area contributed by atoms with Gasteiger partial charge in [0.05, 0.1) is 13.3 Å². The highest BCUT2D eigenvalue weighted by Gasteiger charge is 2.23. The SMILES string of the molecule is CCn1ncc(OC)c1C(O)c1ncc(C)cn1. The standard InChI is InChI=1S/C12H16N4O2/c1-4-16-10(9(18-3)7-15-16)11(17)12-13-5-8(2)6-14-12/h5-7,11,17H,4H2,1-3H3. The fourth-order valence-electron chi connectivity index (χ4n) is 1.73. The van der Waals surface area contributed by atoms with Crippen molar-refractivity contribution in [2.24, 2.45) is 0 Å². The maximum absolute atomic E-state index is 10.3. The number of rotatable bonds is 4. The highest BCUT2D eigenvalue weighted by Crippen LogP contribution is 2.27. The number of aliphatic hydroxyl groups is 1. The van der Waals surface area contributed by atoms with Crippen LogP contribution in [0.2, 0.25) is 0 Å². The summed E-state index contributed by atoms with van der Waals surface area (Å²) in [6.45, 7) is 4.48. The van der Waals surface area contributed by atoms with E-state index in [9.17, 15) is 5.11 Å². The molecule has 0 aliphatic rings. The lowest BCUT2D eigenvalue weighted by Gasteiger charge is -2.12. The summed E-state index contributed by atoms with van der Waals surface area (Å²) < 4.78 is 6.87. The normalized spacial score (nSPS) is 12.4. The van der Waals surface area contributed by atoms with E-state index < -0.39 is 6.10 Å². The van der Waals surface area contributed by atoms with Crippen molar-refractivity contribution in [3.8, 4) is 5.75 Å². The van der Waals surface area contributed by atoms with E-state index >= 15 is 0 Å². The van der Waals surface area contributed by atoms with Crippen molar-refractivity contribution in [3.05, 3.63) is 35.7 Å². The lowest BCUT2D eigenvalue weighted by Crippen LogP contribution is -2.12. The van der Waals surface area contributed by atoms with Gasteiger partial charge in [-0.2, -0.15) is 5.10 Å². The molecule has 1 atom stereocenters. The maximum atomic E-state index is 10.3. The van der Waals surface area contributed by atoms with E-state index in [2.05, 4.69) is 15.1 Å². The Kier molecular flexibility index (Phi) is 3.57. The molecule has 6 heteroatoms. The summed E-state index contributed by atoms with van der Waals surface area (Å²) in [5.41, 5.74) is 1.52. The van der Waals surface area contributed by atoms with Gasteiger partial charge in [-0.3, -0.25) is 4.68 Å². The molecule has 0 radical (unpaired) electrons. The Morgan fingerprint density at radius 2 is 2.00 bits per heavy atom. The molecule has 0 saturated heterocycles. The minimum Gasteiger partial charge on any atom is -0.493 e. The van der Waals surface area contributed by atoms with E-state index in [0.717, 1.165) is 5.56 Å². The largest absolute Gasteiger partial charge is 0.493 e. The van der Waals surface area contributed by atoms with Gasteiger partial charge in [0.1, 0.15) is 5.69 Å². The van der Waals surface area contributed by atoms with Gasteiger partial charge < -0.3 is 9.84 Å². The van der Waals surface area contributed by atoms with Crippen LogP contribution in [0.1, 0.15) is 30.1 Å². The van der Waals surface area contributed by atoms with Crippen molar-refractivity contribution >= 4 is 0 Å². The second-order valence-electron chi connectivity index (χ2n) is 3.94. The van der Waals surface area contributed by atoms with E-state index in [4.69, 9.17) is 4.74 Å². The molecule has 0 bridgehead atoms. The maximum Gasteiger partial charge on any atom is 0.163 e. The number of methoxy groups -OCH3 is 1. The van der Waals surface area contributed by atoms with Crippen molar-refractivity contribution in [1.82, 2.24) is 19.7 Å². The molecule has 0 fully saturated rings. The van der Waals surface area contributed by atoms with Crippen LogP contribution in [0.25, 0.3) is 0 Å². The van der Waals surface area contributed by atoms with Crippen LogP contribution in [0.15, 0.2) is 18.6 Å². The Bertz CT molecular complexity index is 500. The van der Waals surface area contributed by atoms with Gasteiger partial charge in [0.25, 0.3) is 0 Å². The molecule has 0 spiro atoms. The Hall–Kier alpha value is -1.95. The molecule has 18 heavy (non-hydrogen) atoms. The van der Waals surface area contributed by atoms with E-state index in [0.29, 0.717) is 23.8 Å². The van der Waals surface area contributed by atoms with E-state index in [1.807, 2.05) is 13.8 Å². The molecule has 0 aromatic carbocycles. The lowest BCUT2D eigenvalue weighted by atomic mass is 10.2. The molecule has 2 rings (SSSR count). The van der Waals surface area contributed by atoms with E-state index in [1.165, 1.54) is 0 Å². The predicted molar refractivity (Wildman–Crippen MR) is 65.3 cm³/mol. The van der Waals surface area contributed by atoms with Gasteiger partial charge >= 0.3 is 0 Å². The summed E-state index contributed by atoms with van der Waals surface area (Å²) in [5.74, 6) is 0.877. The lowest BCUT2D eigenvalue weighted by molar-refractivity contribution is 0.192. The number of hydrogen-bond acceptors (Lipinski definition) is 5. The third kappa shape index (κ3) is 2.19. The minimum atomic E-state index is -0.942. The van der Waals surface area contributed by atoms with Crippen LogP contribution in [-0.2, 0) is 6.54 Å². The minimum absolute atomic E-state index is 0.342.